The molecule has 1 atom stereocenters. The maximum Gasteiger partial charge on any atom is 0.165 e. The number of aliphatic hydroxyl groups excluding tert-OH is 1. The number of piperidine rings is 1. The summed E-state index contributed by atoms with van der Waals surface area (Å²) >= 11 is 0. The van der Waals surface area contributed by atoms with E-state index in [4.69, 9.17) is 4.74 Å². The van der Waals surface area contributed by atoms with E-state index in [0.717, 1.165) is 32.0 Å². The fourth-order valence-corrected chi connectivity index (χ4v) is 3.60. The van der Waals surface area contributed by atoms with Crippen LogP contribution in [0.4, 0.5) is 4.39 Å². The van der Waals surface area contributed by atoms with Gasteiger partial charge in [-0.05, 0) is 56.0 Å². The van der Waals surface area contributed by atoms with Crippen molar-refractivity contribution in [3.8, 4) is 5.75 Å². The zero-order chi connectivity index (χ0) is 17.2. The molecule has 1 unspecified atom stereocenters. The number of benzene rings is 1. The summed E-state index contributed by atoms with van der Waals surface area (Å²) in [7, 11) is 0. The molecule has 6 heteroatoms. The van der Waals surface area contributed by atoms with E-state index >= 15 is 0 Å². The molecule has 0 spiro atoms. The summed E-state index contributed by atoms with van der Waals surface area (Å²) < 4.78 is 20.3. The molecule has 0 bridgehead atoms. The number of halogens is 1. The Morgan fingerprint density at radius 1 is 1.20 bits per heavy atom. The lowest BCUT2D eigenvalue weighted by Gasteiger charge is -2.41. The molecule has 1 aliphatic carbocycles. The number of rotatable bonds is 4. The molecule has 0 amide bonds. The minimum Gasteiger partial charge on any atom is -0.487 e. The van der Waals surface area contributed by atoms with E-state index in [-0.39, 0.29) is 11.9 Å². The highest BCUT2D eigenvalue weighted by atomic mass is 19.1. The summed E-state index contributed by atoms with van der Waals surface area (Å²) in [5.41, 5.74) is 3.79. The molecular formula is C19H24FN3O2. The second-order valence-corrected chi connectivity index (χ2v) is 7.01. The Bertz CT molecular complexity index is 679. The highest BCUT2D eigenvalue weighted by molar-refractivity contribution is 6.09. The molecule has 5 nitrogen and oxygen atoms in total. The van der Waals surface area contributed by atoms with Gasteiger partial charge < -0.3 is 14.7 Å². The third-order valence-corrected chi connectivity index (χ3v) is 5.34. The third kappa shape index (κ3) is 3.70. The van der Waals surface area contributed by atoms with Crippen LogP contribution in [0.25, 0.3) is 0 Å². The van der Waals surface area contributed by atoms with Crippen molar-refractivity contribution in [2.24, 2.45) is 5.10 Å². The van der Waals surface area contributed by atoms with Crippen LogP contribution in [-0.4, -0.2) is 47.2 Å². The molecule has 4 rings (SSSR count). The van der Waals surface area contributed by atoms with Crippen LogP contribution in [-0.2, 0) is 0 Å². The van der Waals surface area contributed by atoms with Crippen molar-refractivity contribution in [1.29, 1.82) is 0 Å². The number of nitrogens with one attached hydrogen (secondary N) is 1. The highest BCUT2D eigenvalue weighted by Crippen LogP contribution is 2.29. The lowest BCUT2D eigenvalue weighted by molar-refractivity contribution is 0.0477. The van der Waals surface area contributed by atoms with Crippen molar-refractivity contribution in [2.75, 3.05) is 13.1 Å². The standard InChI is InChI=1S/C19H24FN3O2/c20-16-12-13(17-5-7-19(24)22-21-17)4-6-18(16)25-15-8-10-23(11-9-15)14-2-1-3-14/h4-7,12,14-15,19,22,24H,1-3,8-11H2. The van der Waals surface area contributed by atoms with Crippen LogP contribution in [0, 0.1) is 5.82 Å². The molecular weight excluding hydrogens is 321 g/mol. The fraction of sp³-hybridized carbons (Fsp3) is 0.526. The van der Waals surface area contributed by atoms with E-state index in [2.05, 4.69) is 15.4 Å². The number of hydrogen-bond acceptors (Lipinski definition) is 5. The van der Waals surface area contributed by atoms with E-state index in [9.17, 15) is 9.50 Å². The quantitative estimate of drug-likeness (QED) is 0.880. The van der Waals surface area contributed by atoms with Gasteiger partial charge in [0.15, 0.2) is 17.8 Å². The Morgan fingerprint density at radius 2 is 2.00 bits per heavy atom. The van der Waals surface area contributed by atoms with Crippen molar-refractivity contribution >= 4 is 5.71 Å². The summed E-state index contributed by atoms with van der Waals surface area (Å²) in [6.45, 7) is 2.09. The molecule has 2 aliphatic heterocycles. The first-order valence-corrected chi connectivity index (χ1v) is 9.09. The van der Waals surface area contributed by atoms with E-state index in [0.29, 0.717) is 17.0 Å². The Kier molecular flexibility index (Phi) is 4.72. The summed E-state index contributed by atoms with van der Waals surface area (Å²) in [4.78, 5) is 2.55. The predicted octanol–water partition coefficient (Wildman–Crippen LogP) is 2.40. The topological polar surface area (TPSA) is 57.1 Å². The number of allylic oxidation sites excluding steroid dienone is 1. The number of hydrazone groups is 1. The minimum atomic E-state index is -0.790. The summed E-state index contributed by atoms with van der Waals surface area (Å²) in [5.74, 6) is -0.0691. The van der Waals surface area contributed by atoms with E-state index < -0.39 is 6.23 Å². The number of likely N-dealkylation sites (tertiary alicyclic amines) is 1. The molecule has 2 fully saturated rings. The fourth-order valence-electron chi connectivity index (χ4n) is 3.60. The lowest BCUT2D eigenvalue weighted by atomic mass is 9.90. The van der Waals surface area contributed by atoms with Gasteiger partial charge in [0.25, 0.3) is 0 Å². The van der Waals surface area contributed by atoms with Crippen LogP contribution < -0.4 is 10.2 Å². The molecule has 2 heterocycles. The smallest absolute Gasteiger partial charge is 0.165 e. The molecule has 1 aromatic rings. The van der Waals surface area contributed by atoms with Gasteiger partial charge in [-0.1, -0.05) is 6.42 Å². The van der Waals surface area contributed by atoms with Crippen LogP contribution >= 0.6 is 0 Å². The molecule has 0 aromatic heterocycles. The predicted molar refractivity (Wildman–Crippen MR) is 94.1 cm³/mol. The van der Waals surface area contributed by atoms with Gasteiger partial charge in [0.2, 0.25) is 0 Å². The number of aliphatic hydroxyl groups is 1. The van der Waals surface area contributed by atoms with Gasteiger partial charge in [0.1, 0.15) is 6.10 Å². The van der Waals surface area contributed by atoms with Crippen LogP contribution in [0.15, 0.2) is 35.5 Å². The van der Waals surface area contributed by atoms with E-state index in [1.807, 2.05) is 0 Å². The molecule has 2 N–H and O–H groups in total. The summed E-state index contributed by atoms with van der Waals surface area (Å²) in [6, 6.07) is 5.67. The first-order chi connectivity index (χ1) is 12.2. The maximum atomic E-state index is 14.4. The number of ether oxygens (including phenoxy) is 1. The van der Waals surface area contributed by atoms with Crippen molar-refractivity contribution in [1.82, 2.24) is 10.3 Å². The molecule has 1 saturated heterocycles. The van der Waals surface area contributed by atoms with E-state index in [1.165, 1.54) is 25.3 Å². The van der Waals surface area contributed by atoms with Crippen LogP contribution in [0.3, 0.4) is 0 Å². The molecule has 3 aliphatic rings. The largest absolute Gasteiger partial charge is 0.487 e. The Balaban J connectivity index is 1.36. The second kappa shape index (κ2) is 7.14. The van der Waals surface area contributed by atoms with Gasteiger partial charge in [0, 0.05) is 24.7 Å². The summed E-state index contributed by atoms with van der Waals surface area (Å²) in [5, 5.41) is 13.3. The van der Waals surface area contributed by atoms with Gasteiger partial charge in [-0.3, -0.25) is 5.43 Å². The van der Waals surface area contributed by atoms with Crippen molar-refractivity contribution in [3.63, 3.8) is 0 Å². The van der Waals surface area contributed by atoms with Gasteiger partial charge >= 0.3 is 0 Å². The summed E-state index contributed by atoms with van der Waals surface area (Å²) in [6.07, 6.45) is 8.45. The second-order valence-electron chi connectivity index (χ2n) is 7.01. The molecule has 1 saturated carbocycles. The maximum absolute atomic E-state index is 14.4. The van der Waals surface area contributed by atoms with Gasteiger partial charge in [-0.15, -0.1) is 0 Å². The van der Waals surface area contributed by atoms with Gasteiger partial charge in [0.05, 0.1) is 5.71 Å². The number of hydrogen-bond donors (Lipinski definition) is 2. The average molecular weight is 345 g/mol. The van der Waals surface area contributed by atoms with Crippen LogP contribution in [0.2, 0.25) is 0 Å². The zero-order valence-corrected chi connectivity index (χ0v) is 14.2. The Hall–Kier alpha value is -1.92. The Morgan fingerprint density at radius 3 is 2.60 bits per heavy atom. The minimum absolute atomic E-state index is 0.0837. The Labute approximate surface area is 147 Å². The van der Waals surface area contributed by atoms with Crippen molar-refractivity contribution in [2.45, 2.75) is 50.5 Å². The number of nitrogens with zero attached hydrogens (tertiary/aromatic N) is 2. The average Bonchev–Trinajstić information content (AvgIpc) is 2.57. The SMILES string of the molecule is OC1C=CC(c2ccc(OC3CCN(C4CCC4)CC3)c(F)c2)=NN1. The molecule has 134 valence electrons. The molecule has 0 radical (unpaired) electrons. The molecule has 1 aromatic carbocycles. The lowest BCUT2D eigenvalue weighted by Crippen LogP contribution is -2.46. The first kappa shape index (κ1) is 16.5. The van der Waals surface area contributed by atoms with Crippen LogP contribution in [0.5, 0.6) is 5.75 Å². The van der Waals surface area contributed by atoms with Crippen LogP contribution in [0.1, 0.15) is 37.7 Å². The first-order valence-electron chi connectivity index (χ1n) is 9.09. The third-order valence-electron chi connectivity index (χ3n) is 5.34. The van der Waals surface area contributed by atoms with Gasteiger partial charge in [-0.25, -0.2) is 4.39 Å². The van der Waals surface area contributed by atoms with Crippen molar-refractivity contribution in [3.05, 3.63) is 41.7 Å². The van der Waals surface area contributed by atoms with E-state index in [1.54, 1.807) is 24.3 Å². The zero-order valence-electron chi connectivity index (χ0n) is 14.2. The highest BCUT2D eigenvalue weighted by Gasteiger charge is 2.29. The van der Waals surface area contributed by atoms with Crippen molar-refractivity contribution < 1.29 is 14.2 Å². The normalized spacial score (nSPS) is 25.2. The van der Waals surface area contributed by atoms with Gasteiger partial charge in [-0.2, -0.15) is 5.10 Å². The monoisotopic (exact) mass is 345 g/mol. The molecule has 25 heavy (non-hydrogen) atoms.